The highest BCUT2D eigenvalue weighted by molar-refractivity contribution is 7.18. The number of hydrogen-bond donors (Lipinski definition) is 1. The second-order valence-corrected chi connectivity index (χ2v) is 7.70. The lowest BCUT2D eigenvalue weighted by Gasteiger charge is -2.09. The van der Waals surface area contributed by atoms with Gasteiger partial charge in [0.2, 0.25) is 5.43 Å². The van der Waals surface area contributed by atoms with Crippen LogP contribution in [0.5, 0.6) is 0 Å². The number of aromatic amines is 1. The standard InChI is InChI=1S/C20H15ClN2OS/c21-13-8-5-12(6-9-13)7-10-16-15(11-22)19(24)18-14-3-1-2-4-17(14)25-20(18)23-16/h5-10H,1-4H2,(H,23,24)/b10-7+. The van der Waals surface area contributed by atoms with Crippen LogP contribution in [-0.4, -0.2) is 4.98 Å². The minimum atomic E-state index is -0.147. The number of aryl methyl sites for hydroxylation is 2. The fraction of sp³-hybridized carbons (Fsp3) is 0.200. The quantitative estimate of drug-likeness (QED) is 0.680. The van der Waals surface area contributed by atoms with Crippen molar-refractivity contribution in [3.05, 3.63) is 66.8 Å². The molecule has 0 aliphatic heterocycles. The van der Waals surface area contributed by atoms with Crippen molar-refractivity contribution in [2.45, 2.75) is 25.7 Å². The second kappa shape index (κ2) is 6.51. The molecular weight excluding hydrogens is 352 g/mol. The molecule has 3 nitrogen and oxygen atoms in total. The van der Waals surface area contributed by atoms with Crippen molar-refractivity contribution < 1.29 is 0 Å². The van der Waals surface area contributed by atoms with Gasteiger partial charge in [-0.1, -0.05) is 29.8 Å². The van der Waals surface area contributed by atoms with E-state index < -0.39 is 0 Å². The Labute approximate surface area is 154 Å². The van der Waals surface area contributed by atoms with Gasteiger partial charge < -0.3 is 4.98 Å². The van der Waals surface area contributed by atoms with Crippen LogP contribution in [0.1, 0.15) is 40.1 Å². The summed E-state index contributed by atoms with van der Waals surface area (Å²) < 4.78 is 0. The number of H-pyrrole nitrogens is 1. The molecule has 25 heavy (non-hydrogen) atoms. The van der Waals surface area contributed by atoms with Crippen LogP contribution < -0.4 is 5.43 Å². The fourth-order valence-corrected chi connectivity index (χ4v) is 4.74. The van der Waals surface area contributed by atoms with E-state index in [1.807, 2.05) is 30.3 Å². The number of pyridine rings is 1. The normalized spacial score (nSPS) is 13.9. The van der Waals surface area contributed by atoms with Crippen LogP contribution in [0.2, 0.25) is 5.02 Å². The molecule has 1 aliphatic rings. The zero-order valence-corrected chi connectivity index (χ0v) is 15.0. The van der Waals surface area contributed by atoms with Gasteiger partial charge in [0.15, 0.2) is 0 Å². The zero-order valence-electron chi connectivity index (χ0n) is 13.4. The summed E-state index contributed by atoms with van der Waals surface area (Å²) in [5, 5.41) is 10.9. The molecule has 0 fully saturated rings. The van der Waals surface area contributed by atoms with Gasteiger partial charge >= 0.3 is 0 Å². The Morgan fingerprint density at radius 3 is 2.68 bits per heavy atom. The first kappa shape index (κ1) is 16.1. The van der Waals surface area contributed by atoms with E-state index in [0.717, 1.165) is 40.6 Å². The summed E-state index contributed by atoms with van der Waals surface area (Å²) in [5.74, 6) is 0. The number of halogens is 1. The van der Waals surface area contributed by atoms with Crippen LogP contribution in [-0.2, 0) is 12.8 Å². The van der Waals surface area contributed by atoms with Crippen LogP contribution in [0.4, 0.5) is 0 Å². The third kappa shape index (κ3) is 2.90. The van der Waals surface area contributed by atoms with Crippen LogP contribution in [0.25, 0.3) is 22.4 Å². The number of nitriles is 1. The number of thiophene rings is 1. The van der Waals surface area contributed by atoms with Crippen LogP contribution in [0, 0.1) is 11.3 Å². The van der Waals surface area contributed by atoms with Gasteiger partial charge in [-0.2, -0.15) is 5.26 Å². The van der Waals surface area contributed by atoms with E-state index in [0.29, 0.717) is 10.7 Å². The molecule has 1 aliphatic carbocycles. The molecule has 5 heteroatoms. The van der Waals surface area contributed by atoms with Gasteiger partial charge in [-0.05, 0) is 55.0 Å². The van der Waals surface area contributed by atoms with Crippen LogP contribution in [0.3, 0.4) is 0 Å². The van der Waals surface area contributed by atoms with Gasteiger partial charge in [-0.25, -0.2) is 0 Å². The average molecular weight is 367 g/mol. The zero-order chi connectivity index (χ0) is 17.4. The summed E-state index contributed by atoms with van der Waals surface area (Å²) in [6.07, 6.45) is 7.91. The number of nitrogens with zero attached hydrogens (tertiary/aromatic N) is 1. The van der Waals surface area contributed by atoms with E-state index in [1.54, 1.807) is 17.4 Å². The molecule has 0 atom stereocenters. The minimum Gasteiger partial charge on any atom is -0.345 e. The summed E-state index contributed by atoms with van der Waals surface area (Å²) in [5.41, 5.74) is 2.71. The molecule has 0 unspecified atom stereocenters. The molecule has 4 rings (SSSR count). The molecule has 0 saturated heterocycles. The summed E-state index contributed by atoms with van der Waals surface area (Å²) in [6, 6.07) is 9.50. The topological polar surface area (TPSA) is 56.6 Å². The van der Waals surface area contributed by atoms with Gasteiger partial charge in [-0.3, -0.25) is 4.79 Å². The second-order valence-electron chi connectivity index (χ2n) is 6.15. The van der Waals surface area contributed by atoms with Crippen molar-refractivity contribution in [2.24, 2.45) is 0 Å². The van der Waals surface area contributed by atoms with E-state index >= 15 is 0 Å². The summed E-state index contributed by atoms with van der Waals surface area (Å²) in [6.45, 7) is 0. The van der Waals surface area contributed by atoms with E-state index in [-0.39, 0.29) is 11.0 Å². The molecule has 0 radical (unpaired) electrons. The third-order valence-corrected chi connectivity index (χ3v) is 6.03. The van der Waals surface area contributed by atoms with Gasteiger partial charge in [0.1, 0.15) is 16.5 Å². The predicted octanol–water partition coefficient (Wildman–Crippen LogP) is 5.16. The Morgan fingerprint density at radius 2 is 1.92 bits per heavy atom. The van der Waals surface area contributed by atoms with Crippen LogP contribution >= 0.6 is 22.9 Å². The highest BCUT2D eigenvalue weighted by Gasteiger charge is 2.21. The molecule has 0 spiro atoms. The predicted molar refractivity (Wildman–Crippen MR) is 104 cm³/mol. The lowest BCUT2D eigenvalue weighted by Crippen LogP contribution is -2.12. The van der Waals surface area contributed by atoms with Gasteiger partial charge in [-0.15, -0.1) is 11.3 Å². The molecule has 2 heterocycles. The largest absolute Gasteiger partial charge is 0.345 e. The molecule has 3 aromatic rings. The lowest BCUT2D eigenvalue weighted by molar-refractivity contribution is 0.700. The highest BCUT2D eigenvalue weighted by atomic mass is 35.5. The van der Waals surface area contributed by atoms with E-state index in [1.165, 1.54) is 11.3 Å². The first-order valence-electron chi connectivity index (χ1n) is 8.21. The molecule has 1 aromatic carbocycles. The van der Waals surface area contributed by atoms with Gasteiger partial charge in [0.05, 0.1) is 11.1 Å². The van der Waals surface area contributed by atoms with E-state index in [9.17, 15) is 10.1 Å². The Hall–Kier alpha value is -2.35. The lowest BCUT2D eigenvalue weighted by atomic mass is 9.96. The Morgan fingerprint density at radius 1 is 1.16 bits per heavy atom. The summed E-state index contributed by atoms with van der Waals surface area (Å²) in [7, 11) is 0. The maximum Gasteiger partial charge on any atom is 0.208 e. The average Bonchev–Trinajstić information content (AvgIpc) is 3.00. The van der Waals surface area contributed by atoms with E-state index in [2.05, 4.69) is 11.1 Å². The number of hydrogen-bond acceptors (Lipinski definition) is 3. The minimum absolute atomic E-state index is 0.147. The number of benzene rings is 1. The molecule has 0 bridgehead atoms. The summed E-state index contributed by atoms with van der Waals surface area (Å²) >= 11 is 7.55. The molecular formula is C20H15ClN2OS. The Kier molecular flexibility index (Phi) is 4.20. The van der Waals surface area contributed by atoms with Crippen molar-refractivity contribution in [3.8, 4) is 6.07 Å². The first-order chi connectivity index (χ1) is 12.2. The molecule has 0 amide bonds. The smallest absolute Gasteiger partial charge is 0.208 e. The van der Waals surface area contributed by atoms with Crippen molar-refractivity contribution in [2.75, 3.05) is 0 Å². The van der Waals surface area contributed by atoms with Crippen molar-refractivity contribution in [1.29, 1.82) is 5.26 Å². The number of nitrogens with one attached hydrogen (secondary N) is 1. The van der Waals surface area contributed by atoms with E-state index in [4.69, 9.17) is 11.6 Å². The third-order valence-electron chi connectivity index (χ3n) is 4.57. The first-order valence-corrected chi connectivity index (χ1v) is 9.41. The monoisotopic (exact) mass is 366 g/mol. The van der Waals surface area contributed by atoms with Crippen LogP contribution in [0.15, 0.2) is 29.1 Å². The molecule has 0 saturated carbocycles. The Bertz CT molecular complexity index is 1080. The molecule has 1 N–H and O–H groups in total. The maximum absolute atomic E-state index is 12.9. The van der Waals surface area contributed by atoms with Gasteiger partial charge in [0, 0.05) is 9.90 Å². The maximum atomic E-state index is 12.9. The summed E-state index contributed by atoms with van der Waals surface area (Å²) in [4.78, 5) is 18.4. The molecule has 124 valence electrons. The number of rotatable bonds is 2. The number of aromatic nitrogens is 1. The van der Waals surface area contributed by atoms with Gasteiger partial charge in [0.25, 0.3) is 0 Å². The molecule has 2 aromatic heterocycles. The number of fused-ring (bicyclic) bond motifs is 3. The SMILES string of the molecule is N#Cc1c(/C=C/c2ccc(Cl)cc2)[nH]c2sc3c(c2c1=O)CCCC3. The van der Waals surface area contributed by atoms with Crippen molar-refractivity contribution >= 4 is 45.3 Å². The highest BCUT2D eigenvalue weighted by Crippen LogP contribution is 2.34. The fourth-order valence-electron chi connectivity index (χ4n) is 3.32. The Balaban J connectivity index is 1.85. The van der Waals surface area contributed by atoms with Crippen molar-refractivity contribution in [1.82, 2.24) is 4.98 Å². The van der Waals surface area contributed by atoms with Crippen molar-refractivity contribution in [3.63, 3.8) is 0 Å².